The number of ether oxygens (including phenoxy) is 2. The number of nitrogens with zero attached hydrogens (tertiary/aromatic N) is 2. The fourth-order valence-electron chi connectivity index (χ4n) is 5.91. The van der Waals surface area contributed by atoms with Crippen molar-refractivity contribution in [2.24, 2.45) is 0 Å². The van der Waals surface area contributed by atoms with E-state index in [2.05, 4.69) is 13.8 Å². The molecule has 0 atom stereocenters. The zero-order chi connectivity index (χ0) is 33.5. The second kappa shape index (κ2) is 30.4. The van der Waals surface area contributed by atoms with Gasteiger partial charge in [-0.2, -0.15) is 0 Å². The van der Waals surface area contributed by atoms with Gasteiger partial charge in [-0.1, -0.05) is 167 Å². The first-order chi connectivity index (χ1) is 22.5. The topological polar surface area (TPSA) is 59.1 Å². The summed E-state index contributed by atoms with van der Waals surface area (Å²) in [7, 11) is 3.94. The lowest BCUT2D eigenvalue weighted by Crippen LogP contribution is -2.27. The summed E-state index contributed by atoms with van der Waals surface area (Å²) in [6.45, 7) is 6.74. The Bertz CT molecular complexity index is 792. The number of esters is 2. The molecule has 0 spiro atoms. The van der Waals surface area contributed by atoms with Crippen LogP contribution in [-0.2, 0) is 9.47 Å². The molecule has 0 amide bonds. The van der Waals surface area contributed by atoms with Crippen molar-refractivity contribution in [2.45, 2.75) is 168 Å². The van der Waals surface area contributed by atoms with Crippen molar-refractivity contribution < 1.29 is 19.1 Å². The van der Waals surface area contributed by atoms with Crippen molar-refractivity contribution in [3.05, 3.63) is 35.4 Å². The Kier molecular flexibility index (Phi) is 27.8. The van der Waals surface area contributed by atoms with Gasteiger partial charge in [-0.25, -0.2) is 9.59 Å². The van der Waals surface area contributed by atoms with Crippen molar-refractivity contribution in [1.82, 2.24) is 9.80 Å². The Morgan fingerprint density at radius 1 is 0.457 bits per heavy atom. The molecular weight excluding hydrogens is 572 g/mol. The molecule has 0 aromatic heterocycles. The number of benzene rings is 1. The van der Waals surface area contributed by atoms with Crippen LogP contribution < -0.4 is 0 Å². The average molecular weight is 645 g/mol. The summed E-state index contributed by atoms with van der Waals surface area (Å²) in [6.07, 6.45) is 31.8. The summed E-state index contributed by atoms with van der Waals surface area (Å²) in [6, 6.07) is 6.78. The van der Waals surface area contributed by atoms with Crippen molar-refractivity contribution in [3.63, 3.8) is 0 Å². The monoisotopic (exact) mass is 645 g/mol. The van der Waals surface area contributed by atoms with Crippen LogP contribution in [0.1, 0.15) is 189 Å². The second-order valence-electron chi connectivity index (χ2n) is 13.6. The lowest BCUT2D eigenvalue weighted by molar-refractivity contribution is 0.0226. The van der Waals surface area contributed by atoms with E-state index in [0.29, 0.717) is 0 Å². The Morgan fingerprint density at radius 3 is 1.00 bits per heavy atom. The van der Waals surface area contributed by atoms with Crippen LogP contribution in [0, 0.1) is 0 Å². The maximum atomic E-state index is 12.9. The minimum Gasteiger partial charge on any atom is -0.446 e. The van der Waals surface area contributed by atoms with E-state index in [-0.39, 0.29) is 24.6 Å². The van der Waals surface area contributed by atoms with Gasteiger partial charge in [0.05, 0.1) is 11.1 Å². The van der Waals surface area contributed by atoms with E-state index in [1.165, 1.54) is 141 Å². The highest BCUT2D eigenvalue weighted by atomic mass is 16.6. The third kappa shape index (κ3) is 23.4. The molecule has 0 radical (unpaired) electrons. The van der Waals surface area contributed by atoms with E-state index in [0.717, 1.165) is 25.9 Å². The van der Waals surface area contributed by atoms with E-state index >= 15 is 0 Å². The minimum atomic E-state index is -0.487. The van der Waals surface area contributed by atoms with Crippen LogP contribution in [0.25, 0.3) is 0 Å². The molecule has 0 N–H and O–H groups in total. The quantitative estimate of drug-likeness (QED) is 0.0442. The van der Waals surface area contributed by atoms with Crippen molar-refractivity contribution in [1.29, 1.82) is 0 Å². The predicted octanol–water partition coefficient (Wildman–Crippen LogP) is 11.2. The molecule has 0 saturated heterocycles. The third-order valence-electron chi connectivity index (χ3n) is 8.99. The van der Waals surface area contributed by atoms with Gasteiger partial charge in [0.25, 0.3) is 0 Å². The largest absolute Gasteiger partial charge is 0.446 e. The molecule has 0 saturated carbocycles. The molecule has 0 aliphatic rings. The molecule has 0 aliphatic carbocycles. The maximum absolute atomic E-state index is 12.9. The Morgan fingerprint density at radius 2 is 0.717 bits per heavy atom. The van der Waals surface area contributed by atoms with Crippen LogP contribution in [0.15, 0.2) is 24.3 Å². The number of rotatable bonds is 32. The first kappa shape index (κ1) is 42.1. The molecule has 0 heterocycles. The van der Waals surface area contributed by atoms with E-state index in [4.69, 9.17) is 9.47 Å². The number of carbonyl (C=O) groups excluding carboxylic acids is 2. The van der Waals surface area contributed by atoms with E-state index in [1.807, 2.05) is 23.9 Å². The van der Waals surface area contributed by atoms with Gasteiger partial charge in [0.15, 0.2) is 0 Å². The minimum absolute atomic E-state index is 0.210. The lowest BCUT2D eigenvalue weighted by Gasteiger charge is -2.18. The summed E-state index contributed by atoms with van der Waals surface area (Å²) in [4.78, 5) is 29.8. The van der Waals surface area contributed by atoms with Crippen LogP contribution >= 0.6 is 0 Å². The third-order valence-corrected chi connectivity index (χ3v) is 8.99. The van der Waals surface area contributed by atoms with Crippen LogP contribution in [-0.4, -0.2) is 62.4 Å². The summed E-state index contributed by atoms with van der Waals surface area (Å²) in [5.74, 6) is -0.974. The normalized spacial score (nSPS) is 11.4. The van der Waals surface area contributed by atoms with Crippen LogP contribution in [0.4, 0.5) is 0 Å². The highest BCUT2D eigenvalue weighted by Gasteiger charge is 2.20. The van der Waals surface area contributed by atoms with Gasteiger partial charge in [0.1, 0.15) is 13.5 Å². The van der Waals surface area contributed by atoms with E-state index < -0.39 is 11.9 Å². The molecule has 1 aromatic carbocycles. The fraction of sp³-hybridized carbons (Fsp3) is 0.800. The highest BCUT2D eigenvalue weighted by Crippen LogP contribution is 2.15. The maximum Gasteiger partial charge on any atom is 0.340 e. The van der Waals surface area contributed by atoms with Gasteiger partial charge in [0.2, 0.25) is 0 Å². The molecule has 6 nitrogen and oxygen atoms in total. The average Bonchev–Trinajstić information content (AvgIpc) is 3.07. The number of hydrogen-bond acceptors (Lipinski definition) is 6. The first-order valence-electron chi connectivity index (χ1n) is 19.3. The molecule has 0 aliphatic heterocycles. The van der Waals surface area contributed by atoms with Crippen molar-refractivity contribution >= 4 is 11.9 Å². The van der Waals surface area contributed by atoms with Crippen LogP contribution in [0.2, 0.25) is 0 Å². The number of hydrogen-bond donors (Lipinski definition) is 0. The molecule has 46 heavy (non-hydrogen) atoms. The second-order valence-corrected chi connectivity index (χ2v) is 13.6. The van der Waals surface area contributed by atoms with Crippen LogP contribution in [0.3, 0.4) is 0 Å². The fourth-order valence-corrected chi connectivity index (χ4v) is 5.91. The van der Waals surface area contributed by atoms with Crippen LogP contribution in [0.5, 0.6) is 0 Å². The van der Waals surface area contributed by atoms with Gasteiger partial charge >= 0.3 is 11.9 Å². The van der Waals surface area contributed by atoms with Crippen molar-refractivity contribution in [3.8, 4) is 0 Å². The molecule has 0 unspecified atom stereocenters. The van der Waals surface area contributed by atoms with Crippen molar-refractivity contribution in [2.75, 3.05) is 40.6 Å². The lowest BCUT2D eigenvalue weighted by atomic mass is 10.1. The summed E-state index contributed by atoms with van der Waals surface area (Å²) >= 11 is 0. The number of carbonyl (C=O) groups is 2. The zero-order valence-electron chi connectivity index (χ0n) is 30.6. The number of unbranched alkanes of at least 4 members (excludes halogenated alkanes) is 22. The smallest absolute Gasteiger partial charge is 0.340 e. The van der Waals surface area contributed by atoms with E-state index in [9.17, 15) is 9.59 Å². The van der Waals surface area contributed by atoms with Gasteiger partial charge < -0.3 is 9.47 Å². The first-order valence-corrected chi connectivity index (χ1v) is 19.3. The molecular formula is C40H72N2O4. The standard InChI is InChI=1S/C40H72N2O4/c1-5-7-9-11-13-15-17-19-21-23-25-29-33-41(3)35-45-39(43)37-31-27-28-32-38(37)40(44)46-36-42(4)34-30-26-24-22-20-18-16-14-12-10-8-6-2/h27-28,31-32H,5-26,29-30,33-36H2,1-4H3. The molecule has 0 bridgehead atoms. The Labute approximate surface area is 284 Å². The van der Waals surface area contributed by atoms with Gasteiger partial charge in [-0.3, -0.25) is 9.80 Å². The molecule has 6 heteroatoms. The highest BCUT2D eigenvalue weighted by molar-refractivity contribution is 6.03. The van der Waals surface area contributed by atoms with Gasteiger partial charge in [0, 0.05) is 13.1 Å². The summed E-state index contributed by atoms with van der Waals surface area (Å²) in [5.41, 5.74) is 0.518. The molecule has 1 aromatic rings. The Balaban J connectivity index is 2.16. The Hall–Kier alpha value is -1.92. The molecule has 0 fully saturated rings. The van der Waals surface area contributed by atoms with Gasteiger partial charge in [-0.05, 0) is 39.1 Å². The molecule has 1 rings (SSSR count). The zero-order valence-corrected chi connectivity index (χ0v) is 30.6. The summed E-state index contributed by atoms with van der Waals surface area (Å²) < 4.78 is 11.1. The van der Waals surface area contributed by atoms with E-state index in [1.54, 1.807) is 24.3 Å². The molecule has 266 valence electrons. The summed E-state index contributed by atoms with van der Waals surface area (Å²) in [5, 5.41) is 0. The van der Waals surface area contributed by atoms with Gasteiger partial charge in [-0.15, -0.1) is 0 Å². The predicted molar refractivity (Wildman–Crippen MR) is 194 cm³/mol. The SMILES string of the molecule is CCCCCCCCCCCCCCN(C)COC(=O)c1ccccc1C(=O)OCN(C)CCCCCCCCCCCCCC.